The first-order chi connectivity index (χ1) is 10.5. The quantitative estimate of drug-likeness (QED) is 0.830. The average molecular weight is 305 g/mol. The Bertz CT molecular complexity index is 716. The van der Waals surface area contributed by atoms with Crippen LogP contribution in [0, 0.1) is 5.92 Å². The Kier molecular flexibility index (Phi) is 2.91. The molecule has 0 spiro atoms. The molecular weight excluding hydrogens is 286 g/mol. The van der Waals surface area contributed by atoms with Crippen molar-refractivity contribution in [2.45, 2.75) is 44.3 Å². The van der Waals surface area contributed by atoms with Crippen LogP contribution < -0.4 is 5.73 Å². The van der Waals surface area contributed by atoms with Crippen LogP contribution in [0.25, 0.3) is 11.2 Å². The van der Waals surface area contributed by atoms with Crippen molar-refractivity contribution in [3.8, 4) is 0 Å². The summed E-state index contributed by atoms with van der Waals surface area (Å²) in [5.74, 6) is -0.249. The van der Waals surface area contributed by atoms with E-state index in [9.17, 15) is 5.11 Å². The van der Waals surface area contributed by atoms with Crippen LogP contribution in [-0.4, -0.2) is 49.2 Å². The number of aliphatic hydroxyl groups excluding tert-OH is 1. The number of nitrogens with two attached hydrogens (primary N) is 1. The van der Waals surface area contributed by atoms with Crippen LogP contribution in [-0.2, 0) is 9.47 Å². The summed E-state index contributed by atoms with van der Waals surface area (Å²) < 4.78 is 14.0. The zero-order valence-corrected chi connectivity index (χ0v) is 12.5. The van der Waals surface area contributed by atoms with Crippen molar-refractivity contribution in [2.24, 2.45) is 5.92 Å². The zero-order chi connectivity index (χ0) is 15.5. The van der Waals surface area contributed by atoms with Crippen molar-refractivity contribution in [3.05, 3.63) is 12.7 Å². The molecular formula is C14H19N5O3. The fourth-order valence-corrected chi connectivity index (χ4v) is 3.62. The highest BCUT2D eigenvalue weighted by Crippen LogP contribution is 2.47. The number of aromatic nitrogens is 4. The molecule has 2 aromatic heterocycles. The number of rotatable bonds is 2. The SMILES string of the molecule is CC1(C)OC2[C@@H](CO)C[C@@H](n3cnc4c(N)ncnc43)[C@H]2O1. The van der Waals surface area contributed by atoms with E-state index in [-0.39, 0.29) is 30.8 Å². The molecule has 4 atom stereocenters. The molecule has 0 amide bonds. The van der Waals surface area contributed by atoms with Crippen LogP contribution in [0.4, 0.5) is 5.82 Å². The fraction of sp³-hybridized carbons (Fsp3) is 0.643. The second kappa shape index (κ2) is 4.61. The molecule has 22 heavy (non-hydrogen) atoms. The first kappa shape index (κ1) is 13.9. The van der Waals surface area contributed by atoms with E-state index in [4.69, 9.17) is 15.2 Å². The molecule has 1 unspecified atom stereocenters. The second-order valence-electron chi connectivity index (χ2n) is 6.39. The third kappa shape index (κ3) is 1.91. The maximum absolute atomic E-state index is 9.65. The summed E-state index contributed by atoms with van der Waals surface area (Å²) in [6.07, 6.45) is 3.63. The van der Waals surface area contributed by atoms with Crippen LogP contribution in [0.15, 0.2) is 12.7 Å². The normalized spacial score (nSPS) is 33.4. The van der Waals surface area contributed by atoms with E-state index in [1.807, 2.05) is 18.4 Å². The molecule has 3 N–H and O–H groups in total. The molecule has 1 saturated heterocycles. The lowest BCUT2D eigenvalue weighted by atomic mass is 10.1. The Labute approximate surface area is 127 Å². The number of ether oxygens (including phenoxy) is 2. The molecule has 0 radical (unpaired) electrons. The van der Waals surface area contributed by atoms with Gasteiger partial charge < -0.3 is 24.9 Å². The zero-order valence-electron chi connectivity index (χ0n) is 12.5. The predicted octanol–water partition coefficient (Wildman–Crippen LogP) is 0.482. The molecule has 2 aromatic rings. The maximum Gasteiger partial charge on any atom is 0.165 e. The molecule has 118 valence electrons. The van der Waals surface area contributed by atoms with Gasteiger partial charge in [0.25, 0.3) is 0 Å². The van der Waals surface area contributed by atoms with E-state index in [2.05, 4.69) is 15.0 Å². The minimum Gasteiger partial charge on any atom is -0.396 e. The van der Waals surface area contributed by atoms with Gasteiger partial charge in [0.15, 0.2) is 17.3 Å². The van der Waals surface area contributed by atoms with Gasteiger partial charge in [-0.15, -0.1) is 0 Å². The average Bonchev–Trinajstić information content (AvgIpc) is 3.10. The molecule has 1 aliphatic heterocycles. The van der Waals surface area contributed by atoms with Gasteiger partial charge in [-0.1, -0.05) is 0 Å². The largest absolute Gasteiger partial charge is 0.396 e. The van der Waals surface area contributed by atoms with Crippen molar-refractivity contribution >= 4 is 17.0 Å². The molecule has 0 bridgehead atoms. The monoisotopic (exact) mass is 305 g/mol. The van der Waals surface area contributed by atoms with Gasteiger partial charge in [0.1, 0.15) is 17.9 Å². The van der Waals surface area contributed by atoms with Gasteiger partial charge in [-0.25, -0.2) is 15.0 Å². The number of fused-ring (bicyclic) bond motifs is 2. The lowest BCUT2D eigenvalue weighted by molar-refractivity contribution is -0.161. The van der Waals surface area contributed by atoms with E-state index >= 15 is 0 Å². The third-order valence-electron chi connectivity index (χ3n) is 4.53. The summed E-state index contributed by atoms with van der Waals surface area (Å²) in [4.78, 5) is 12.6. The van der Waals surface area contributed by atoms with Crippen LogP contribution in [0.5, 0.6) is 0 Å². The van der Waals surface area contributed by atoms with Crippen LogP contribution in [0.2, 0.25) is 0 Å². The Hall–Kier alpha value is -1.77. The van der Waals surface area contributed by atoms with Crippen LogP contribution >= 0.6 is 0 Å². The van der Waals surface area contributed by atoms with E-state index in [0.717, 1.165) is 6.42 Å². The highest BCUT2D eigenvalue weighted by molar-refractivity contribution is 5.81. The third-order valence-corrected chi connectivity index (χ3v) is 4.53. The van der Waals surface area contributed by atoms with Crippen LogP contribution in [0.1, 0.15) is 26.3 Å². The first-order valence-corrected chi connectivity index (χ1v) is 7.39. The van der Waals surface area contributed by atoms with Gasteiger partial charge in [0.05, 0.1) is 18.5 Å². The summed E-state index contributed by atoms with van der Waals surface area (Å²) in [5.41, 5.74) is 7.12. The molecule has 1 saturated carbocycles. The van der Waals surface area contributed by atoms with Crippen molar-refractivity contribution in [3.63, 3.8) is 0 Å². The van der Waals surface area contributed by atoms with Crippen molar-refractivity contribution in [2.75, 3.05) is 12.3 Å². The standard InChI is InChI=1S/C14H19N5O3/c1-14(2)21-10-7(4-20)3-8(11(10)22-14)19-6-18-9-12(15)16-5-17-13(9)19/h5-8,10-11,20H,3-4H2,1-2H3,(H2,15,16,17)/t7-,8-,10?,11-/m1/s1. The fourth-order valence-electron chi connectivity index (χ4n) is 3.62. The minimum absolute atomic E-state index is 0.00299. The number of aliphatic hydroxyl groups is 1. The second-order valence-corrected chi connectivity index (χ2v) is 6.39. The molecule has 2 fully saturated rings. The van der Waals surface area contributed by atoms with Crippen molar-refractivity contribution < 1.29 is 14.6 Å². The highest BCUT2D eigenvalue weighted by atomic mass is 16.8. The van der Waals surface area contributed by atoms with E-state index < -0.39 is 5.79 Å². The van der Waals surface area contributed by atoms with Gasteiger partial charge in [0.2, 0.25) is 0 Å². The minimum atomic E-state index is -0.647. The van der Waals surface area contributed by atoms with Gasteiger partial charge >= 0.3 is 0 Å². The summed E-state index contributed by atoms with van der Waals surface area (Å²) >= 11 is 0. The summed E-state index contributed by atoms with van der Waals surface area (Å²) in [7, 11) is 0. The number of nitrogens with zero attached hydrogens (tertiary/aromatic N) is 4. The van der Waals surface area contributed by atoms with E-state index in [1.54, 1.807) is 6.33 Å². The molecule has 0 aromatic carbocycles. The summed E-state index contributed by atoms with van der Waals surface area (Å²) in [5, 5.41) is 9.65. The molecule has 2 aliphatic rings. The Morgan fingerprint density at radius 1 is 1.32 bits per heavy atom. The van der Waals surface area contributed by atoms with Gasteiger partial charge in [0, 0.05) is 12.5 Å². The molecule has 1 aliphatic carbocycles. The van der Waals surface area contributed by atoms with Crippen molar-refractivity contribution in [1.82, 2.24) is 19.5 Å². The topological polar surface area (TPSA) is 108 Å². The Balaban J connectivity index is 1.77. The molecule has 8 nitrogen and oxygen atoms in total. The molecule has 8 heteroatoms. The predicted molar refractivity (Wildman–Crippen MR) is 77.8 cm³/mol. The van der Waals surface area contributed by atoms with E-state index in [0.29, 0.717) is 17.0 Å². The van der Waals surface area contributed by atoms with E-state index in [1.165, 1.54) is 6.33 Å². The Morgan fingerprint density at radius 2 is 2.09 bits per heavy atom. The van der Waals surface area contributed by atoms with Gasteiger partial charge in [-0.05, 0) is 20.3 Å². The van der Waals surface area contributed by atoms with Crippen LogP contribution in [0.3, 0.4) is 0 Å². The van der Waals surface area contributed by atoms with Gasteiger partial charge in [-0.2, -0.15) is 0 Å². The smallest absolute Gasteiger partial charge is 0.165 e. The number of imidazole rings is 1. The highest BCUT2D eigenvalue weighted by Gasteiger charge is 2.54. The summed E-state index contributed by atoms with van der Waals surface area (Å²) in [6.45, 7) is 3.85. The van der Waals surface area contributed by atoms with Crippen molar-refractivity contribution in [1.29, 1.82) is 0 Å². The lowest BCUT2D eigenvalue weighted by Gasteiger charge is -2.23. The number of hydrogen-bond donors (Lipinski definition) is 2. The number of nitrogen functional groups attached to an aromatic ring is 1. The first-order valence-electron chi connectivity index (χ1n) is 7.39. The maximum atomic E-state index is 9.65. The number of anilines is 1. The summed E-state index contributed by atoms with van der Waals surface area (Å²) in [6, 6.07) is 0.00299. The Morgan fingerprint density at radius 3 is 2.86 bits per heavy atom. The number of hydrogen-bond acceptors (Lipinski definition) is 7. The lowest BCUT2D eigenvalue weighted by Crippen LogP contribution is -2.27. The molecule has 4 rings (SSSR count). The van der Waals surface area contributed by atoms with Gasteiger partial charge in [-0.3, -0.25) is 0 Å². The molecule has 3 heterocycles.